The fourth-order valence-electron chi connectivity index (χ4n) is 1.76. The SMILES string of the molecule is CSC(C)C(=O)NC1CCC(C)C1. The lowest BCUT2D eigenvalue weighted by Crippen LogP contribution is -2.37. The molecule has 0 bridgehead atoms. The fourth-order valence-corrected chi connectivity index (χ4v) is 2.05. The number of amides is 1. The molecule has 0 saturated heterocycles. The number of thioether (sulfide) groups is 1. The summed E-state index contributed by atoms with van der Waals surface area (Å²) in [5, 5.41) is 3.19. The number of hydrogen-bond donors (Lipinski definition) is 1. The molecule has 0 aliphatic heterocycles. The topological polar surface area (TPSA) is 29.1 Å². The van der Waals surface area contributed by atoms with E-state index in [2.05, 4.69) is 12.2 Å². The first kappa shape index (κ1) is 10.9. The van der Waals surface area contributed by atoms with Gasteiger partial charge in [0, 0.05) is 6.04 Å². The van der Waals surface area contributed by atoms with E-state index in [-0.39, 0.29) is 11.2 Å². The molecule has 1 N–H and O–H groups in total. The predicted octanol–water partition coefficient (Wildman–Crippen LogP) is 2.04. The van der Waals surface area contributed by atoms with Crippen LogP contribution in [0.15, 0.2) is 0 Å². The van der Waals surface area contributed by atoms with Crippen molar-refractivity contribution in [2.45, 2.75) is 44.4 Å². The van der Waals surface area contributed by atoms with Crippen molar-refractivity contribution in [3.63, 3.8) is 0 Å². The van der Waals surface area contributed by atoms with Crippen molar-refractivity contribution in [3.05, 3.63) is 0 Å². The first-order chi connectivity index (χ1) is 6.13. The molecule has 76 valence electrons. The molecule has 1 rings (SSSR count). The molecule has 0 aromatic carbocycles. The summed E-state index contributed by atoms with van der Waals surface area (Å²) in [6.45, 7) is 4.21. The Bertz CT molecular complexity index is 184. The van der Waals surface area contributed by atoms with Crippen LogP contribution in [0.3, 0.4) is 0 Å². The summed E-state index contributed by atoms with van der Waals surface area (Å²) in [5.74, 6) is 0.987. The van der Waals surface area contributed by atoms with E-state index in [0.29, 0.717) is 6.04 Å². The molecule has 0 spiro atoms. The van der Waals surface area contributed by atoms with Crippen molar-refractivity contribution in [2.75, 3.05) is 6.26 Å². The zero-order chi connectivity index (χ0) is 9.84. The van der Waals surface area contributed by atoms with Gasteiger partial charge in [-0.25, -0.2) is 0 Å². The largest absolute Gasteiger partial charge is 0.352 e. The van der Waals surface area contributed by atoms with Crippen molar-refractivity contribution in [1.29, 1.82) is 0 Å². The maximum Gasteiger partial charge on any atom is 0.233 e. The number of hydrogen-bond acceptors (Lipinski definition) is 2. The molecule has 1 amide bonds. The first-order valence-electron chi connectivity index (χ1n) is 4.96. The van der Waals surface area contributed by atoms with Crippen LogP contribution in [0.5, 0.6) is 0 Å². The van der Waals surface area contributed by atoms with Crippen LogP contribution in [0, 0.1) is 5.92 Å². The minimum atomic E-state index is 0.0934. The average Bonchev–Trinajstić information content (AvgIpc) is 2.49. The van der Waals surface area contributed by atoms with Crippen molar-refractivity contribution in [2.24, 2.45) is 5.92 Å². The Labute approximate surface area is 84.9 Å². The second kappa shape index (κ2) is 4.89. The van der Waals surface area contributed by atoms with Gasteiger partial charge >= 0.3 is 0 Å². The van der Waals surface area contributed by atoms with Gasteiger partial charge in [0.1, 0.15) is 0 Å². The van der Waals surface area contributed by atoms with Crippen LogP contribution in [0.25, 0.3) is 0 Å². The maximum atomic E-state index is 11.5. The summed E-state index contributed by atoms with van der Waals surface area (Å²) in [4.78, 5) is 11.5. The number of nitrogens with one attached hydrogen (secondary N) is 1. The van der Waals surface area contributed by atoms with Gasteiger partial charge in [0.2, 0.25) is 5.91 Å². The van der Waals surface area contributed by atoms with E-state index in [9.17, 15) is 4.79 Å². The third-order valence-corrected chi connectivity index (χ3v) is 3.69. The third-order valence-electron chi connectivity index (χ3n) is 2.76. The van der Waals surface area contributed by atoms with Gasteiger partial charge < -0.3 is 5.32 Å². The predicted molar refractivity (Wildman–Crippen MR) is 57.9 cm³/mol. The number of carbonyl (C=O) groups is 1. The Kier molecular flexibility index (Phi) is 4.10. The third kappa shape index (κ3) is 3.22. The van der Waals surface area contributed by atoms with E-state index >= 15 is 0 Å². The van der Waals surface area contributed by atoms with Crippen LogP contribution >= 0.6 is 11.8 Å². The van der Waals surface area contributed by atoms with E-state index in [0.717, 1.165) is 18.8 Å². The van der Waals surface area contributed by atoms with Crippen LogP contribution in [0.2, 0.25) is 0 Å². The molecule has 13 heavy (non-hydrogen) atoms. The summed E-state index contributed by atoms with van der Waals surface area (Å²) in [6.07, 6.45) is 5.56. The second-order valence-electron chi connectivity index (χ2n) is 4.00. The highest BCUT2D eigenvalue weighted by molar-refractivity contribution is 7.99. The van der Waals surface area contributed by atoms with E-state index in [1.807, 2.05) is 13.2 Å². The van der Waals surface area contributed by atoms with Crippen LogP contribution in [0.4, 0.5) is 0 Å². The van der Waals surface area contributed by atoms with E-state index in [1.54, 1.807) is 11.8 Å². The Hall–Kier alpha value is -0.180. The quantitative estimate of drug-likeness (QED) is 0.757. The highest BCUT2D eigenvalue weighted by atomic mass is 32.2. The molecule has 3 heteroatoms. The lowest BCUT2D eigenvalue weighted by Gasteiger charge is -2.15. The van der Waals surface area contributed by atoms with Gasteiger partial charge in [-0.1, -0.05) is 6.92 Å². The molecular formula is C10H19NOS. The molecular weight excluding hydrogens is 182 g/mol. The van der Waals surface area contributed by atoms with E-state index < -0.39 is 0 Å². The summed E-state index contributed by atoms with van der Waals surface area (Å²) in [5.41, 5.74) is 0. The molecule has 1 fully saturated rings. The van der Waals surface area contributed by atoms with Gasteiger partial charge in [-0.3, -0.25) is 4.79 Å². The number of rotatable bonds is 3. The lowest BCUT2D eigenvalue weighted by molar-refractivity contribution is -0.120. The van der Waals surface area contributed by atoms with Gasteiger partial charge in [-0.05, 0) is 38.4 Å². The molecule has 1 aliphatic rings. The Balaban J connectivity index is 2.28. The van der Waals surface area contributed by atoms with Gasteiger partial charge in [0.05, 0.1) is 5.25 Å². The van der Waals surface area contributed by atoms with Crippen molar-refractivity contribution in [1.82, 2.24) is 5.32 Å². The molecule has 1 saturated carbocycles. The Morgan fingerprint density at radius 3 is 2.69 bits per heavy atom. The van der Waals surface area contributed by atoms with Gasteiger partial charge in [0.25, 0.3) is 0 Å². The van der Waals surface area contributed by atoms with Gasteiger partial charge in [-0.2, -0.15) is 11.8 Å². The fraction of sp³-hybridized carbons (Fsp3) is 0.900. The first-order valence-corrected chi connectivity index (χ1v) is 6.25. The molecule has 0 aromatic rings. The van der Waals surface area contributed by atoms with Crippen LogP contribution < -0.4 is 5.32 Å². The minimum absolute atomic E-state index is 0.0934. The lowest BCUT2D eigenvalue weighted by atomic mass is 10.1. The summed E-state index contributed by atoms with van der Waals surface area (Å²) < 4.78 is 0. The van der Waals surface area contributed by atoms with Crippen LogP contribution in [0.1, 0.15) is 33.1 Å². The zero-order valence-corrected chi connectivity index (χ0v) is 9.49. The van der Waals surface area contributed by atoms with Gasteiger partial charge in [0.15, 0.2) is 0 Å². The van der Waals surface area contributed by atoms with Crippen molar-refractivity contribution >= 4 is 17.7 Å². The monoisotopic (exact) mass is 201 g/mol. The maximum absolute atomic E-state index is 11.5. The second-order valence-corrected chi connectivity index (χ2v) is 5.18. The molecule has 3 unspecified atom stereocenters. The summed E-state index contributed by atoms with van der Waals surface area (Å²) in [7, 11) is 0. The molecule has 2 nitrogen and oxygen atoms in total. The van der Waals surface area contributed by atoms with E-state index in [4.69, 9.17) is 0 Å². The Morgan fingerprint density at radius 1 is 1.54 bits per heavy atom. The van der Waals surface area contributed by atoms with Crippen molar-refractivity contribution < 1.29 is 4.79 Å². The molecule has 0 radical (unpaired) electrons. The standard InChI is InChI=1S/C10H19NOS/c1-7-4-5-9(6-7)11-10(12)8(2)13-3/h7-9H,4-6H2,1-3H3,(H,11,12). The normalized spacial score (nSPS) is 30.1. The van der Waals surface area contributed by atoms with Crippen molar-refractivity contribution in [3.8, 4) is 0 Å². The van der Waals surface area contributed by atoms with E-state index in [1.165, 1.54) is 6.42 Å². The van der Waals surface area contributed by atoms with Crippen LogP contribution in [-0.2, 0) is 4.79 Å². The summed E-state index contributed by atoms with van der Waals surface area (Å²) >= 11 is 1.61. The number of carbonyl (C=O) groups excluding carboxylic acids is 1. The summed E-state index contributed by atoms with van der Waals surface area (Å²) in [6, 6.07) is 0.442. The highest BCUT2D eigenvalue weighted by Crippen LogP contribution is 2.24. The molecule has 0 aromatic heterocycles. The zero-order valence-electron chi connectivity index (χ0n) is 8.67. The highest BCUT2D eigenvalue weighted by Gasteiger charge is 2.23. The minimum Gasteiger partial charge on any atom is -0.352 e. The van der Waals surface area contributed by atoms with Crippen LogP contribution in [-0.4, -0.2) is 23.5 Å². The Morgan fingerprint density at radius 2 is 2.23 bits per heavy atom. The average molecular weight is 201 g/mol. The smallest absolute Gasteiger partial charge is 0.233 e. The molecule has 3 atom stereocenters. The molecule has 0 heterocycles. The molecule has 1 aliphatic carbocycles. The van der Waals surface area contributed by atoms with Gasteiger partial charge in [-0.15, -0.1) is 0 Å².